The number of hydrogen-bond donors (Lipinski definition) is 3. The Balaban J connectivity index is 2.95. The maximum Gasteiger partial charge on any atom is 0.0770 e. The van der Waals surface area contributed by atoms with Crippen molar-refractivity contribution in [2.24, 2.45) is 0 Å². The van der Waals surface area contributed by atoms with E-state index in [4.69, 9.17) is 5.11 Å². The highest BCUT2D eigenvalue weighted by Crippen LogP contribution is 2.13. The maximum absolute atomic E-state index is 9.18. The summed E-state index contributed by atoms with van der Waals surface area (Å²) in [7, 11) is 0. The van der Waals surface area contributed by atoms with E-state index in [0.29, 0.717) is 0 Å². The first kappa shape index (κ1) is 19.6. The molecule has 0 amide bonds. The molecule has 0 spiro atoms. The molecule has 0 aromatic rings. The van der Waals surface area contributed by atoms with Crippen LogP contribution in [-0.2, 0) is 0 Å². The van der Waals surface area contributed by atoms with E-state index in [-0.39, 0.29) is 6.61 Å². The van der Waals surface area contributed by atoms with Gasteiger partial charge in [0.05, 0.1) is 12.7 Å². The number of aliphatic hydroxyl groups is 2. The van der Waals surface area contributed by atoms with Gasteiger partial charge in [-0.15, -0.1) is 0 Å². The van der Waals surface area contributed by atoms with Gasteiger partial charge in [-0.1, -0.05) is 38.5 Å². The van der Waals surface area contributed by atoms with Crippen molar-refractivity contribution in [3.63, 3.8) is 0 Å². The molecule has 0 bridgehead atoms. The molecule has 0 rings (SSSR count). The summed E-state index contributed by atoms with van der Waals surface area (Å²) in [5, 5.41) is 17.8. The lowest BCUT2D eigenvalue weighted by Gasteiger charge is -2.06. The van der Waals surface area contributed by atoms with Crippen LogP contribution in [0, 0.1) is 0 Å². The molecular formula is C15H32O2S2. The van der Waals surface area contributed by atoms with Gasteiger partial charge in [-0.25, -0.2) is 0 Å². The van der Waals surface area contributed by atoms with Gasteiger partial charge in [0.2, 0.25) is 0 Å². The van der Waals surface area contributed by atoms with Crippen molar-refractivity contribution < 1.29 is 10.2 Å². The number of thiol groups is 1. The van der Waals surface area contributed by atoms with Crippen molar-refractivity contribution in [3.05, 3.63) is 0 Å². The van der Waals surface area contributed by atoms with Crippen molar-refractivity contribution in [1.82, 2.24) is 0 Å². The highest BCUT2D eigenvalue weighted by molar-refractivity contribution is 7.99. The molecule has 0 aliphatic heterocycles. The number of hydrogen-bond acceptors (Lipinski definition) is 4. The lowest BCUT2D eigenvalue weighted by atomic mass is 10.1. The third-order valence-electron chi connectivity index (χ3n) is 3.23. The van der Waals surface area contributed by atoms with Gasteiger partial charge in [-0.05, 0) is 42.9 Å². The molecule has 0 aliphatic rings. The largest absolute Gasteiger partial charge is 0.394 e. The Labute approximate surface area is 129 Å². The predicted molar refractivity (Wildman–Crippen MR) is 90.4 cm³/mol. The fourth-order valence-corrected chi connectivity index (χ4v) is 3.22. The Bertz CT molecular complexity index is 168. The summed E-state index contributed by atoms with van der Waals surface area (Å²) in [5.41, 5.74) is 0. The van der Waals surface area contributed by atoms with Crippen LogP contribution in [0.15, 0.2) is 0 Å². The highest BCUT2D eigenvalue weighted by atomic mass is 32.2. The van der Waals surface area contributed by atoms with E-state index in [1.54, 1.807) is 0 Å². The van der Waals surface area contributed by atoms with Crippen LogP contribution in [0.4, 0.5) is 0 Å². The summed E-state index contributed by atoms with van der Waals surface area (Å²) in [5.74, 6) is 3.58. The lowest BCUT2D eigenvalue weighted by molar-refractivity contribution is 0.0861. The first-order chi connectivity index (χ1) is 9.31. The Kier molecular flexibility index (Phi) is 17.2. The Morgan fingerprint density at radius 2 is 1.32 bits per heavy atom. The molecule has 2 N–H and O–H groups in total. The summed E-state index contributed by atoms with van der Waals surface area (Å²) >= 11 is 6.28. The molecule has 0 saturated carbocycles. The summed E-state index contributed by atoms with van der Waals surface area (Å²) in [6, 6.07) is 0. The molecule has 1 atom stereocenters. The second-order valence-electron chi connectivity index (χ2n) is 5.14. The molecular weight excluding hydrogens is 276 g/mol. The number of unbranched alkanes of at least 4 members (excludes halogenated alkanes) is 7. The van der Waals surface area contributed by atoms with Crippen LogP contribution in [0.5, 0.6) is 0 Å². The smallest absolute Gasteiger partial charge is 0.0770 e. The molecule has 4 heteroatoms. The molecule has 2 nitrogen and oxygen atoms in total. The molecule has 0 saturated heterocycles. The van der Waals surface area contributed by atoms with E-state index in [0.717, 1.165) is 18.6 Å². The van der Waals surface area contributed by atoms with Gasteiger partial charge in [0.15, 0.2) is 0 Å². The van der Waals surface area contributed by atoms with Gasteiger partial charge >= 0.3 is 0 Å². The van der Waals surface area contributed by atoms with E-state index in [2.05, 4.69) is 24.4 Å². The van der Waals surface area contributed by atoms with Crippen LogP contribution in [-0.4, -0.2) is 40.2 Å². The molecule has 0 fully saturated rings. The fourth-order valence-electron chi connectivity index (χ4n) is 1.98. The van der Waals surface area contributed by atoms with E-state index in [1.807, 2.05) is 0 Å². The number of thioether (sulfide) groups is 1. The van der Waals surface area contributed by atoms with Crippen molar-refractivity contribution in [2.45, 2.75) is 70.3 Å². The van der Waals surface area contributed by atoms with Gasteiger partial charge < -0.3 is 10.2 Å². The van der Waals surface area contributed by atoms with Crippen molar-refractivity contribution >= 4 is 24.4 Å². The zero-order valence-corrected chi connectivity index (χ0v) is 13.9. The van der Waals surface area contributed by atoms with Crippen LogP contribution < -0.4 is 0 Å². The van der Waals surface area contributed by atoms with Crippen molar-refractivity contribution in [3.8, 4) is 0 Å². The normalized spacial score (nSPS) is 12.8. The average Bonchev–Trinajstić information content (AvgIpc) is 2.43. The number of rotatable bonds is 15. The van der Waals surface area contributed by atoms with Crippen LogP contribution >= 0.6 is 24.4 Å². The first-order valence-corrected chi connectivity index (χ1v) is 9.57. The molecule has 0 aromatic carbocycles. The molecule has 0 heterocycles. The third kappa shape index (κ3) is 16.6. The van der Waals surface area contributed by atoms with Crippen LogP contribution in [0.1, 0.15) is 64.2 Å². The summed E-state index contributed by atoms with van der Waals surface area (Å²) in [6.45, 7) is -0.0945. The molecule has 19 heavy (non-hydrogen) atoms. The van der Waals surface area contributed by atoms with Crippen LogP contribution in [0.2, 0.25) is 0 Å². The quantitative estimate of drug-likeness (QED) is 0.317. The third-order valence-corrected chi connectivity index (χ3v) is 4.70. The van der Waals surface area contributed by atoms with Gasteiger partial charge in [-0.3, -0.25) is 0 Å². The standard InChI is InChI=1S/C15H32O2S2/c16-14-15(17)10-6-5-9-13-19-12-8-4-2-1-3-7-11-18/h15-18H,1-14H2. The van der Waals surface area contributed by atoms with Crippen LogP contribution in [0.3, 0.4) is 0 Å². The molecule has 1 unspecified atom stereocenters. The second kappa shape index (κ2) is 16.7. The topological polar surface area (TPSA) is 40.5 Å². The summed E-state index contributed by atoms with van der Waals surface area (Å²) < 4.78 is 0. The first-order valence-electron chi connectivity index (χ1n) is 7.78. The molecule has 0 aliphatic carbocycles. The zero-order chi connectivity index (χ0) is 14.2. The van der Waals surface area contributed by atoms with Gasteiger partial charge in [0.1, 0.15) is 0 Å². The maximum atomic E-state index is 9.18. The zero-order valence-electron chi connectivity index (χ0n) is 12.2. The predicted octanol–water partition coefficient (Wildman–Crippen LogP) is 3.90. The minimum absolute atomic E-state index is 0.0945. The lowest BCUT2D eigenvalue weighted by Crippen LogP contribution is -2.11. The van der Waals surface area contributed by atoms with Crippen LogP contribution in [0.25, 0.3) is 0 Å². The summed E-state index contributed by atoms with van der Waals surface area (Å²) in [4.78, 5) is 0. The van der Waals surface area contributed by atoms with E-state index < -0.39 is 6.10 Å². The second-order valence-corrected chi connectivity index (χ2v) is 6.81. The number of aliphatic hydroxyl groups excluding tert-OH is 2. The Morgan fingerprint density at radius 3 is 1.89 bits per heavy atom. The van der Waals surface area contributed by atoms with Gasteiger partial charge in [-0.2, -0.15) is 24.4 Å². The Hall–Kier alpha value is 0.620. The highest BCUT2D eigenvalue weighted by Gasteiger charge is 2.00. The van der Waals surface area contributed by atoms with E-state index >= 15 is 0 Å². The SMILES string of the molecule is OCC(O)CCCCCSCCCCCCCCS. The summed E-state index contributed by atoms with van der Waals surface area (Å²) in [6.07, 6.45) is 11.8. The fraction of sp³-hybridized carbons (Fsp3) is 1.00. The van der Waals surface area contributed by atoms with E-state index in [1.165, 1.54) is 62.9 Å². The van der Waals surface area contributed by atoms with Crippen molar-refractivity contribution in [2.75, 3.05) is 23.9 Å². The molecule has 0 aromatic heterocycles. The van der Waals surface area contributed by atoms with Gasteiger partial charge in [0.25, 0.3) is 0 Å². The monoisotopic (exact) mass is 308 g/mol. The Morgan fingerprint density at radius 1 is 0.789 bits per heavy atom. The van der Waals surface area contributed by atoms with E-state index in [9.17, 15) is 5.11 Å². The average molecular weight is 309 g/mol. The van der Waals surface area contributed by atoms with Crippen molar-refractivity contribution in [1.29, 1.82) is 0 Å². The molecule has 0 radical (unpaired) electrons. The van der Waals surface area contributed by atoms with Gasteiger partial charge in [0, 0.05) is 0 Å². The minimum atomic E-state index is -0.504. The minimum Gasteiger partial charge on any atom is -0.394 e. The molecule has 116 valence electrons.